The first kappa shape index (κ1) is 7.15. The van der Waals surface area contributed by atoms with E-state index >= 15 is 0 Å². The molecule has 0 saturated carbocycles. The molecule has 0 amide bonds. The van der Waals surface area contributed by atoms with Crippen LogP contribution in [0, 0.1) is 0 Å². The first-order chi connectivity index (χ1) is 3.81. The molecule has 0 rings (SSSR count). The van der Waals surface area contributed by atoms with E-state index in [1.54, 1.807) is 13.0 Å². The first-order valence-corrected chi connectivity index (χ1v) is 2.42. The van der Waals surface area contributed by atoms with E-state index < -0.39 is 0 Å². The van der Waals surface area contributed by atoms with E-state index in [0.717, 1.165) is 0 Å². The Labute approximate surface area is 49.0 Å². The summed E-state index contributed by atoms with van der Waals surface area (Å²) < 4.78 is 12.0. The van der Waals surface area contributed by atoms with Crippen molar-refractivity contribution < 1.29 is 4.39 Å². The second kappa shape index (κ2) is 4.31. The molecule has 0 fully saturated rings. The fourth-order valence-corrected chi connectivity index (χ4v) is 0.256. The van der Waals surface area contributed by atoms with Gasteiger partial charge >= 0.3 is 0 Å². The highest BCUT2D eigenvalue weighted by atomic mass is 19.1. The van der Waals surface area contributed by atoms with Crippen LogP contribution < -0.4 is 0 Å². The summed E-state index contributed by atoms with van der Waals surface area (Å²) in [5, 5.41) is 0. The van der Waals surface area contributed by atoms with Gasteiger partial charge in [0.05, 0.1) is 0 Å². The summed E-state index contributed by atoms with van der Waals surface area (Å²) in [6, 6.07) is 0. The van der Waals surface area contributed by atoms with E-state index in [1.807, 2.05) is 0 Å². The van der Waals surface area contributed by atoms with Crippen LogP contribution in [0.3, 0.4) is 0 Å². The van der Waals surface area contributed by atoms with E-state index in [9.17, 15) is 4.39 Å². The Kier molecular flexibility index (Phi) is 3.85. The first-order valence-electron chi connectivity index (χ1n) is 2.42. The Balaban J connectivity index is 3.69. The maximum atomic E-state index is 12.0. The lowest BCUT2D eigenvalue weighted by atomic mass is 10.4. The van der Waals surface area contributed by atoms with Gasteiger partial charge < -0.3 is 0 Å². The Morgan fingerprint density at radius 3 is 2.62 bits per heavy atom. The van der Waals surface area contributed by atoms with Gasteiger partial charge in [-0.1, -0.05) is 24.8 Å². The summed E-state index contributed by atoms with van der Waals surface area (Å²) in [4.78, 5) is 0. The lowest BCUT2D eigenvalue weighted by molar-refractivity contribution is 0.665. The molecular weight excluding hydrogens is 103 g/mol. The van der Waals surface area contributed by atoms with Gasteiger partial charge in [-0.2, -0.15) is 0 Å². The summed E-state index contributed by atoms with van der Waals surface area (Å²) >= 11 is 0. The van der Waals surface area contributed by atoms with Crippen LogP contribution in [0.2, 0.25) is 0 Å². The maximum Gasteiger partial charge on any atom is 0.118 e. The molecule has 0 nitrogen and oxygen atoms in total. The molecule has 1 heteroatoms. The average Bonchev–Trinajstić information content (AvgIpc) is 1.83. The Morgan fingerprint density at radius 1 is 1.62 bits per heavy atom. The van der Waals surface area contributed by atoms with Crippen LogP contribution in [0.4, 0.5) is 4.39 Å². The Morgan fingerprint density at radius 2 is 2.25 bits per heavy atom. The van der Waals surface area contributed by atoms with Crippen LogP contribution in [0.5, 0.6) is 0 Å². The minimum Gasteiger partial charge on any atom is -0.207 e. The van der Waals surface area contributed by atoms with Crippen molar-refractivity contribution in [1.29, 1.82) is 0 Å². The average molecular weight is 112 g/mol. The fraction of sp³-hybridized carbons (Fsp3) is 0.143. The van der Waals surface area contributed by atoms with E-state index in [2.05, 4.69) is 6.58 Å². The van der Waals surface area contributed by atoms with Crippen LogP contribution in [0.1, 0.15) is 6.92 Å². The quantitative estimate of drug-likeness (QED) is 0.481. The zero-order chi connectivity index (χ0) is 6.41. The van der Waals surface area contributed by atoms with Crippen LogP contribution in [-0.2, 0) is 0 Å². The summed E-state index contributed by atoms with van der Waals surface area (Å²) in [5.41, 5.74) is 0. The molecule has 0 saturated heterocycles. The van der Waals surface area contributed by atoms with Crippen LogP contribution in [0.15, 0.2) is 36.7 Å². The monoisotopic (exact) mass is 112 g/mol. The molecule has 8 heavy (non-hydrogen) atoms. The normalized spacial score (nSPS) is 12.5. The lowest BCUT2D eigenvalue weighted by Crippen LogP contribution is -1.58. The van der Waals surface area contributed by atoms with Gasteiger partial charge in [0.1, 0.15) is 5.83 Å². The molecule has 0 unspecified atom stereocenters. The van der Waals surface area contributed by atoms with Crippen LogP contribution in [-0.4, -0.2) is 0 Å². The molecule has 0 radical (unpaired) electrons. The molecule has 0 N–H and O–H groups in total. The fourth-order valence-electron chi connectivity index (χ4n) is 0.256. The summed E-state index contributed by atoms with van der Waals surface area (Å²) in [7, 11) is 0. The number of halogens is 1. The molecule has 0 spiro atoms. The highest BCUT2D eigenvalue weighted by molar-refractivity contribution is 5.14. The topological polar surface area (TPSA) is 0 Å². The maximum absolute atomic E-state index is 12.0. The van der Waals surface area contributed by atoms with Gasteiger partial charge in [-0.15, -0.1) is 0 Å². The van der Waals surface area contributed by atoms with Gasteiger partial charge in [0.15, 0.2) is 0 Å². The molecule has 0 heterocycles. The lowest BCUT2D eigenvalue weighted by Gasteiger charge is -1.77. The van der Waals surface area contributed by atoms with E-state index in [1.165, 1.54) is 18.2 Å². The van der Waals surface area contributed by atoms with Crippen molar-refractivity contribution in [2.75, 3.05) is 0 Å². The summed E-state index contributed by atoms with van der Waals surface area (Å²) in [6.45, 7) is 5.03. The third-order valence-electron chi connectivity index (χ3n) is 0.667. The highest BCUT2D eigenvalue weighted by Crippen LogP contribution is 1.95. The van der Waals surface area contributed by atoms with Gasteiger partial charge in [0, 0.05) is 0 Å². The van der Waals surface area contributed by atoms with Gasteiger partial charge in [-0.3, -0.25) is 0 Å². The van der Waals surface area contributed by atoms with Crippen molar-refractivity contribution >= 4 is 0 Å². The Bertz CT molecular complexity index is 120. The van der Waals surface area contributed by atoms with Crippen LogP contribution in [0.25, 0.3) is 0 Å². The van der Waals surface area contributed by atoms with Crippen molar-refractivity contribution in [3.05, 3.63) is 36.7 Å². The SMILES string of the molecule is C=C/C=C/C(F)=C\C. The van der Waals surface area contributed by atoms with Crippen molar-refractivity contribution in [2.45, 2.75) is 6.92 Å². The van der Waals surface area contributed by atoms with Crippen molar-refractivity contribution in [1.82, 2.24) is 0 Å². The highest BCUT2D eigenvalue weighted by Gasteiger charge is 1.76. The van der Waals surface area contributed by atoms with Gasteiger partial charge in [-0.05, 0) is 13.0 Å². The Hall–Kier alpha value is -0.850. The minimum atomic E-state index is -0.232. The molecule has 44 valence electrons. The largest absolute Gasteiger partial charge is 0.207 e. The zero-order valence-corrected chi connectivity index (χ0v) is 4.89. The molecular formula is C7H9F. The number of hydrogen-bond donors (Lipinski definition) is 0. The van der Waals surface area contributed by atoms with Gasteiger partial charge in [-0.25, -0.2) is 4.39 Å². The van der Waals surface area contributed by atoms with Crippen molar-refractivity contribution in [3.8, 4) is 0 Å². The standard InChI is InChI=1S/C7H9F/c1-3-5-6-7(8)4-2/h3-6H,1H2,2H3/b6-5+,7-4+. The van der Waals surface area contributed by atoms with Crippen molar-refractivity contribution in [2.24, 2.45) is 0 Å². The second-order valence-corrected chi connectivity index (χ2v) is 1.27. The predicted molar refractivity (Wildman–Crippen MR) is 34.2 cm³/mol. The molecule has 0 aromatic heterocycles. The number of rotatable bonds is 2. The third kappa shape index (κ3) is 3.34. The molecule has 0 aliphatic carbocycles. The number of allylic oxidation sites excluding steroid dienone is 5. The van der Waals surface area contributed by atoms with Crippen LogP contribution >= 0.6 is 0 Å². The van der Waals surface area contributed by atoms with E-state index in [0.29, 0.717) is 0 Å². The molecule has 0 aliphatic heterocycles. The van der Waals surface area contributed by atoms with E-state index in [4.69, 9.17) is 0 Å². The molecule has 0 aliphatic rings. The van der Waals surface area contributed by atoms with E-state index in [-0.39, 0.29) is 5.83 Å². The molecule has 0 aromatic rings. The third-order valence-corrected chi connectivity index (χ3v) is 0.667. The van der Waals surface area contributed by atoms with Gasteiger partial charge in [0.25, 0.3) is 0 Å². The number of hydrogen-bond acceptors (Lipinski definition) is 0. The summed E-state index contributed by atoms with van der Waals surface area (Å²) in [5.74, 6) is -0.232. The van der Waals surface area contributed by atoms with Crippen molar-refractivity contribution in [3.63, 3.8) is 0 Å². The van der Waals surface area contributed by atoms with Gasteiger partial charge in [0.2, 0.25) is 0 Å². The molecule has 0 aromatic carbocycles. The molecule has 0 bridgehead atoms. The smallest absolute Gasteiger partial charge is 0.118 e. The zero-order valence-electron chi connectivity index (χ0n) is 4.89. The molecule has 0 atom stereocenters. The summed E-state index contributed by atoms with van der Waals surface area (Å²) in [6.07, 6.45) is 5.82. The predicted octanol–water partition coefficient (Wildman–Crippen LogP) is 2.60. The second-order valence-electron chi connectivity index (χ2n) is 1.27. The minimum absolute atomic E-state index is 0.232.